The van der Waals surface area contributed by atoms with Crippen LogP contribution >= 0.6 is 11.6 Å². The number of hydrogen-bond acceptors (Lipinski definition) is 6. The van der Waals surface area contributed by atoms with Crippen molar-refractivity contribution in [3.8, 4) is 5.75 Å². The van der Waals surface area contributed by atoms with Crippen LogP contribution < -0.4 is 10.1 Å². The lowest BCUT2D eigenvalue weighted by Gasteiger charge is -2.39. The van der Waals surface area contributed by atoms with Gasteiger partial charge in [0, 0.05) is 41.6 Å². The first-order valence-electron chi connectivity index (χ1n) is 11.1. The minimum Gasteiger partial charge on any atom is -0.488 e. The number of carbonyl (C=O) groups is 1. The molecule has 2 saturated heterocycles. The Balaban J connectivity index is 1.24. The molecule has 7 nitrogen and oxygen atoms in total. The Labute approximate surface area is 197 Å². The quantitative estimate of drug-likeness (QED) is 0.589. The average molecular weight is 465 g/mol. The summed E-state index contributed by atoms with van der Waals surface area (Å²) in [5.74, 6) is 1.27. The fourth-order valence-electron chi connectivity index (χ4n) is 4.54. The van der Waals surface area contributed by atoms with Gasteiger partial charge in [-0.25, -0.2) is 9.97 Å². The van der Waals surface area contributed by atoms with Crippen molar-refractivity contribution in [3.05, 3.63) is 77.6 Å². The average Bonchev–Trinajstić information content (AvgIpc) is 3.22. The predicted octanol–water partition coefficient (Wildman–Crippen LogP) is 4.72. The molecule has 0 saturated carbocycles. The number of aromatic nitrogens is 2. The van der Waals surface area contributed by atoms with Crippen molar-refractivity contribution in [2.24, 2.45) is 0 Å². The Hall–Kier alpha value is -3.16. The number of halogens is 1. The molecular weight excluding hydrogens is 440 g/mol. The molecule has 0 radical (unpaired) electrons. The van der Waals surface area contributed by atoms with E-state index in [4.69, 9.17) is 21.1 Å². The molecule has 2 aromatic carbocycles. The standard InChI is InChI=1S/C25H25ClN4O3/c26-19-6-8-21(9-7-19)33-22-15-25(32-16-22)10-2-13-30(17-25)23(31)18-4-1-5-20(14-18)29-24-27-11-3-12-28-24/h1,3-9,11-12,14,22H,2,10,13,15-17H2,(H,27,28,29)/t22-,25+/m1/s1. The molecule has 33 heavy (non-hydrogen) atoms. The zero-order chi connectivity index (χ0) is 22.7. The van der Waals surface area contributed by atoms with E-state index in [9.17, 15) is 4.79 Å². The number of piperidine rings is 1. The normalized spacial score (nSPS) is 22.3. The largest absolute Gasteiger partial charge is 0.488 e. The van der Waals surface area contributed by atoms with Crippen molar-refractivity contribution in [2.45, 2.75) is 31.0 Å². The summed E-state index contributed by atoms with van der Waals surface area (Å²) in [6.07, 6.45) is 5.87. The van der Waals surface area contributed by atoms with Crippen molar-refractivity contribution in [1.82, 2.24) is 14.9 Å². The summed E-state index contributed by atoms with van der Waals surface area (Å²) >= 11 is 5.96. The Morgan fingerprint density at radius 2 is 1.97 bits per heavy atom. The maximum atomic E-state index is 13.3. The number of carbonyl (C=O) groups excluding carboxylic acids is 1. The monoisotopic (exact) mass is 464 g/mol. The lowest BCUT2D eigenvalue weighted by atomic mass is 9.89. The van der Waals surface area contributed by atoms with Gasteiger partial charge in [0.15, 0.2) is 0 Å². The van der Waals surface area contributed by atoms with E-state index in [1.165, 1.54) is 0 Å². The molecule has 0 unspecified atom stereocenters. The van der Waals surface area contributed by atoms with Crippen LogP contribution in [0.3, 0.4) is 0 Å². The van der Waals surface area contributed by atoms with Crippen LogP contribution in [0.15, 0.2) is 67.0 Å². The van der Waals surface area contributed by atoms with Crippen LogP contribution in [0.2, 0.25) is 5.02 Å². The Kier molecular flexibility index (Phi) is 6.15. The topological polar surface area (TPSA) is 76.6 Å². The molecule has 1 spiro atoms. The smallest absolute Gasteiger partial charge is 0.254 e. The first-order chi connectivity index (χ1) is 16.1. The highest BCUT2D eigenvalue weighted by atomic mass is 35.5. The van der Waals surface area contributed by atoms with Gasteiger partial charge < -0.3 is 19.7 Å². The van der Waals surface area contributed by atoms with Gasteiger partial charge >= 0.3 is 0 Å². The first kappa shape index (κ1) is 21.7. The first-order valence-corrected chi connectivity index (χ1v) is 11.5. The molecule has 2 fully saturated rings. The lowest BCUT2D eigenvalue weighted by molar-refractivity contribution is -0.0453. The highest BCUT2D eigenvalue weighted by Gasteiger charge is 2.45. The van der Waals surface area contributed by atoms with Crippen molar-refractivity contribution in [1.29, 1.82) is 0 Å². The highest BCUT2D eigenvalue weighted by Crippen LogP contribution is 2.37. The number of hydrogen-bond donors (Lipinski definition) is 1. The Bertz CT molecular complexity index is 1110. The summed E-state index contributed by atoms with van der Waals surface area (Å²) in [6.45, 7) is 1.79. The summed E-state index contributed by atoms with van der Waals surface area (Å²) in [4.78, 5) is 23.6. The summed E-state index contributed by atoms with van der Waals surface area (Å²) in [5, 5.41) is 3.82. The molecule has 0 bridgehead atoms. The van der Waals surface area contributed by atoms with Crippen LogP contribution in [-0.4, -0.2) is 52.2 Å². The third-order valence-corrected chi connectivity index (χ3v) is 6.30. The fourth-order valence-corrected chi connectivity index (χ4v) is 4.67. The van der Waals surface area contributed by atoms with E-state index in [2.05, 4.69) is 15.3 Å². The van der Waals surface area contributed by atoms with E-state index in [-0.39, 0.29) is 17.6 Å². The van der Waals surface area contributed by atoms with Gasteiger partial charge in [0.2, 0.25) is 5.95 Å². The molecular formula is C25H25ClN4O3. The maximum Gasteiger partial charge on any atom is 0.254 e. The van der Waals surface area contributed by atoms with Crippen LogP contribution in [0.1, 0.15) is 29.6 Å². The fraction of sp³-hybridized carbons (Fsp3) is 0.320. The number of anilines is 2. The van der Waals surface area contributed by atoms with Gasteiger partial charge in [0.25, 0.3) is 5.91 Å². The lowest BCUT2D eigenvalue weighted by Crippen LogP contribution is -2.50. The van der Waals surface area contributed by atoms with Crippen LogP contribution in [0.4, 0.5) is 11.6 Å². The third-order valence-electron chi connectivity index (χ3n) is 6.05. The molecule has 170 valence electrons. The zero-order valence-electron chi connectivity index (χ0n) is 18.1. The zero-order valence-corrected chi connectivity index (χ0v) is 18.9. The maximum absolute atomic E-state index is 13.3. The van der Waals surface area contributed by atoms with Crippen molar-refractivity contribution < 1.29 is 14.3 Å². The van der Waals surface area contributed by atoms with Crippen molar-refractivity contribution >= 4 is 29.1 Å². The SMILES string of the molecule is O=C(c1cccc(Nc2ncccn2)c1)N1CCC[C@]2(C[C@@H](Oc3ccc(Cl)cc3)CO2)C1. The number of nitrogens with one attached hydrogen (secondary N) is 1. The molecule has 1 aromatic heterocycles. The van der Waals surface area contributed by atoms with Crippen molar-refractivity contribution in [2.75, 3.05) is 25.0 Å². The van der Waals surface area contributed by atoms with Crippen LogP contribution in [0.25, 0.3) is 0 Å². The second-order valence-electron chi connectivity index (χ2n) is 8.50. The number of likely N-dealkylation sites (tertiary alicyclic amines) is 1. The van der Waals surface area contributed by atoms with Gasteiger partial charge in [0.1, 0.15) is 11.9 Å². The number of amides is 1. The summed E-state index contributed by atoms with van der Waals surface area (Å²) in [5.41, 5.74) is 1.03. The minimum atomic E-state index is -0.362. The highest BCUT2D eigenvalue weighted by molar-refractivity contribution is 6.30. The molecule has 2 aliphatic rings. The third kappa shape index (κ3) is 5.10. The van der Waals surface area contributed by atoms with E-state index in [1.54, 1.807) is 18.5 Å². The van der Waals surface area contributed by atoms with Gasteiger partial charge in [0.05, 0.1) is 18.8 Å². The van der Waals surface area contributed by atoms with Crippen molar-refractivity contribution in [3.63, 3.8) is 0 Å². The predicted molar refractivity (Wildman–Crippen MR) is 126 cm³/mol. The molecule has 5 rings (SSSR count). The van der Waals surface area contributed by atoms with Crippen LogP contribution in [0, 0.1) is 0 Å². The summed E-state index contributed by atoms with van der Waals surface area (Å²) < 4.78 is 12.3. The van der Waals surface area contributed by atoms with E-state index in [0.717, 1.165) is 30.7 Å². The summed E-state index contributed by atoms with van der Waals surface area (Å²) in [6, 6.07) is 16.5. The van der Waals surface area contributed by atoms with E-state index < -0.39 is 0 Å². The molecule has 0 aliphatic carbocycles. The van der Waals surface area contributed by atoms with Crippen LogP contribution in [0.5, 0.6) is 5.75 Å². The van der Waals surface area contributed by atoms with Gasteiger partial charge in [-0.05, 0) is 61.4 Å². The van der Waals surface area contributed by atoms with E-state index in [1.807, 2.05) is 53.4 Å². The van der Waals surface area contributed by atoms with Gasteiger partial charge in [-0.2, -0.15) is 0 Å². The molecule has 3 heterocycles. The van der Waals surface area contributed by atoms with E-state index in [0.29, 0.717) is 36.2 Å². The van der Waals surface area contributed by atoms with Gasteiger partial charge in [-0.1, -0.05) is 17.7 Å². The number of benzene rings is 2. The van der Waals surface area contributed by atoms with E-state index >= 15 is 0 Å². The second kappa shape index (κ2) is 9.37. The minimum absolute atomic E-state index is 0.00243. The molecule has 1 amide bonds. The molecule has 3 aromatic rings. The number of ether oxygens (including phenoxy) is 2. The number of nitrogens with zero attached hydrogens (tertiary/aromatic N) is 3. The Morgan fingerprint density at radius 1 is 1.15 bits per heavy atom. The summed E-state index contributed by atoms with van der Waals surface area (Å²) in [7, 11) is 0. The molecule has 2 aliphatic heterocycles. The number of rotatable bonds is 5. The van der Waals surface area contributed by atoms with Gasteiger partial charge in [-0.3, -0.25) is 4.79 Å². The molecule has 8 heteroatoms. The molecule has 1 N–H and O–H groups in total. The van der Waals surface area contributed by atoms with Gasteiger partial charge in [-0.15, -0.1) is 0 Å². The molecule has 2 atom stereocenters. The van der Waals surface area contributed by atoms with Crippen LogP contribution in [-0.2, 0) is 4.74 Å². The second-order valence-corrected chi connectivity index (χ2v) is 8.94. The Morgan fingerprint density at radius 3 is 2.79 bits per heavy atom.